The lowest BCUT2D eigenvalue weighted by Crippen LogP contribution is -2.60. The maximum Gasteiger partial charge on any atom is 0.407 e. The Kier molecular flexibility index (Phi) is 15.9. The third kappa shape index (κ3) is 10.7. The summed E-state index contributed by atoms with van der Waals surface area (Å²) in [5, 5.41) is 12.5. The standard InChI is InChI=1S/C46H64N6O9/c1-8-29(2)40(47-46(60)61-28-35-33-22-14-12-20-31(33)32-21-13-15-23-34(32)35)44(58)51(7)41(30-18-10-11-19-30)45(59)50(6)36(42(56)48(3)4)26-38(53)49(5)37(27-39(54)55)43(57)52-24-16-9-17-25-52/h12-15,20-23,29-30,35-37,40-41H,8-11,16-19,24-28H2,1-7H3,(H,47,60)(H,54,55)/t29-,36-,37-,40-,41-/m0/s1. The van der Waals surface area contributed by atoms with Gasteiger partial charge in [0, 0.05) is 54.2 Å². The van der Waals surface area contributed by atoms with Crippen molar-refractivity contribution in [2.75, 3.05) is 54.9 Å². The Morgan fingerprint density at radius 1 is 0.738 bits per heavy atom. The number of carbonyl (C=O) groups is 7. The number of alkyl carbamates (subject to hydrolysis) is 1. The van der Waals surface area contributed by atoms with Crippen LogP contribution in [0.5, 0.6) is 0 Å². The number of carboxylic acid groups (broad SMARTS) is 1. The molecule has 61 heavy (non-hydrogen) atoms. The van der Waals surface area contributed by atoms with Gasteiger partial charge in [0.2, 0.25) is 29.5 Å². The zero-order chi connectivity index (χ0) is 44.5. The summed E-state index contributed by atoms with van der Waals surface area (Å²) in [7, 11) is 7.33. The Labute approximate surface area is 359 Å². The monoisotopic (exact) mass is 844 g/mol. The van der Waals surface area contributed by atoms with Crippen LogP contribution in [0, 0.1) is 11.8 Å². The number of aliphatic carboxylic acids is 1. The molecule has 0 radical (unpaired) electrons. The number of nitrogens with one attached hydrogen (secondary N) is 1. The van der Waals surface area contributed by atoms with Crippen molar-refractivity contribution in [2.45, 2.75) is 108 Å². The van der Waals surface area contributed by atoms with E-state index in [1.807, 2.05) is 62.4 Å². The maximum atomic E-state index is 14.8. The third-order valence-electron chi connectivity index (χ3n) is 13.1. The van der Waals surface area contributed by atoms with Gasteiger partial charge >= 0.3 is 12.1 Å². The number of carboxylic acids is 1. The number of hydrogen-bond acceptors (Lipinski definition) is 8. The Hall–Kier alpha value is -5.47. The molecule has 15 heteroatoms. The molecule has 1 heterocycles. The topological polar surface area (TPSA) is 177 Å². The van der Waals surface area contributed by atoms with Gasteiger partial charge < -0.3 is 39.7 Å². The second-order valence-electron chi connectivity index (χ2n) is 17.2. The molecule has 1 saturated carbocycles. The fraction of sp³-hybridized carbons (Fsp3) is 0.587. The summed E-state index contributed by atoms with van der Waals surface area (Å²) in [6.07, 6.45) is 4.13. The number of piperidine rings is 1. The zero-order valence-corrected chi connectivity index (χ0v) is 36.8. The van der Waals surface area contributed by atoms with E-state index >= 15 is 0 Å². The van der Waals surface area contributed by atoms with E-state index in [4.69, 9.17) is 4.74 Å². The highest BCUT2D eigenvalue weighted by Crippen LogP contribution is 2.44. The number of benzene rings is 2. The average molecular weight is 845 g/mol. The number of amides is 6. The first kappa shape index (κ1) is 46.6. The van der Waals surface area contributed by atoms with Gasteiger partial charge in [0.25, 0.3) is 0 Å². The number of hydrogen-bond donors (Lipinski definition) is 2. The SMILES string of the molecule is CC[C@H](C)[C@H](NC(=O)OCC1c2ccccc2-c2ccccc21)C(=O)N(C)[C@H](C(=O)N(C)[C@@H](CC(=O)N(C)[C@@H](CC(=O)O)C(=O)N1CCCCC1)C(=O)N(C)C)C1CCCC1. The Balaban J connectivity index is 1.34. The van der Waals surface area contributed by atoms with E-state index < -0.39 is 78.6 Å². The van der Waals surface area contributed by atoms with E-state index in [1.165, 1.54) is 49.9 Å². The lowest BCUT2D eigenvalue weighted by Gasteiger charge is -2.40. The van der Waals surface area contributed by atoms with Crippen LogP contribution in [0.1, 0.15) is 95.1 Å². The molecule has 5 rings (SSSR count). The lowest BCUT2D eigenvalue weighted by molar-refractivity contribution is -0.155. The molecule has 0 unspecified atom stereocenters. The first-order valence-corrected chi connectivity index (χ1v) is 21.7. The summed E-state index contributed by atoms with van der Waals surface area (Å²) < 4.78 is 5.83. The first-order valence-electron chi connectivity index (χ1n) is 21.7. The fourth-order valence-corrected chi connectivity index (χ4v) is 9.18. The number of nitrogens with zero attached hydrogens (tertiary/aromatic N) is 5. The van der Waals surface area contributed by atoms with E-state index in [-0.39, 0.29) is 24.4 Å². The van der Waals surface area contributed by atoms with Gasteiger partial charge in [-0.3, -0.25) is 28.8 Å². The zero-order valence-electron chi connectivity index (χ0n) is 36.8. The molecule has 1 aliphatic heterocycles. The molecule has 3 aliphatic rings. The minimum absolute atomic E-state index is 0.0593. The van der Waals surface area contributed by atoms with Crippen molar-refractivity contribution in [1.82, 2.24) is 29.8 Å². The minimum Gasteiger partial charge on any atom is -0.481 e. The van der Waals surface area contributed by atoms with Gasteiger partial charge in [0.15, 0.2) is 0 Å². The first-order chi connectivity index (χ1) is 29.1. The molecule has 0 aromatic heterocycles. The molecule has 2 fully saturated rings. The smallest absolute Gasteiger partial charge is 0.407 e. The molecule has 15 nitrogen and oxygen atoms in total. The third-order valence-corrected chi connectivity index (χ3v) is 13.1. The molecule has 1 saturated heterocycles. The Bertz CT molecular complexity index is 1880. The summed E-state index contributed by atoms with van der Waals surface area (Å²) in [6.45, 7) is 4.74. The second-order valence-corrected chi connectivity index (χ2v) is 17.2. The van der Waals surface area contributed by atoms with E-state index in [1.54, 1.807) is 4.90 Å². The maximum absolute atomic E-state index is 14.8. The fourth-order valence-electron chi connectivity index (χ4n) is 9.18. The van der Waals surface area contributed by atoms with Crippen LogP contribution >= 0.6 is 0 Å². The molecule has 2 aromatic rings. The molecule has 2 aliphatic carbocycles. The molecule has 2 N–H and O–H groups in total. The summed E-state index contributed by atoms with van der Waals surface area (Å²) >= 11 is 0. The average Bonchev–Trinajstić information content (AvgIpc) is 3.91. The molecular formula is C46H64N6O9. The van der Waals surface area contributed by atoms with Crippen molar-refractivity contribution in [3.8, 4) is 11.1 Å². The number of carbonyl (C=O) groups excluding carboxylic acids is 6. The molecule has 332 valence electrons. The van der Waals surface area contributed by atoms with Crippen LogP contribution in [0.4, 0.5) is 4.79 Å². The minimum atomic E-state index is -1.33. The van der Waals surface area contributed by atoms with E-state index in [2.05, 4.69) is 5.32 Å². The van der Waals surface area contributed by atoms with Crippen molar-refractivity contribution in [2.24, 2.45) is 11.8 Å². The van der Waals surface area contributed by atoms with Gasteiger partial charge in [0.05, 0.1) is 12.8 Å². The lowest BCUT2D eigenvalue weighted by atomic mass is 9.92. The summed E-state index contributed by atoms with van der Waals surface area (Å²) in [5.41, 5.74) is 4.28. The molecule has 0 bridgehead atoms. The van der Waals surface area contributed by atoms with Crippen molar-refractivity contribution in [1.29, 1.82) is 0 Å². The second kappa shape index (κ2) is 20.9. The van der Waals surface area contributed by atoms with Crippen LogP contribution in [-0.4, -0.2) is 150 Å². The van der Waals surface area contributed by atoms with Gasteiger partial charge in [-0.05, 0) is 66.2 Å². The van der Waals surface area contributed by atoms with Crippen LogP contribution in [0.3, 0.4) is 0 Å². The predicted molar refractivity (Wildman–Crippen MR) is 229 cm³/mol. The predicted octanol–water partition coefficient (Wildman–Crippen LogP) is 4.58. The van der Waals surface area contributed by atoms with E-state index in [9.17, 15) is 38.7 Å². The van der Waals surface area contributed by atoms with Crippen LogP contribution in [-0.2, 0) is 33.5 Å². The normalized spacial score (nSPS) is 17.5. The van der Waals surface area contributed by atoms with Crippen LogP contribution in [0.15, 0.2) is 48.5 Å². The number of fused-ring (bicyclic) bond motifs is 3. The quantitative estimate of drug-likeness (QED) is 0.231. The van der Waals surface area contributed by atoms with Gasteiger partial charge in [0.1, 0.15) is 30.8 Å². The number of likely N-dealkylation sites (tertiary alicyclic amines) is 1. The van der Waals surface area contributed by atoms with Gasteiger partial charge in [-0.25, -0.2) is 4.79 Å². The van der Waals surface area contributed by atoms with Gasteiger partial charge in [-0.1, -0.05) is 81.6 Å². The van der Waals surface area contributed by atoms with Crippen LogP contribution in [0.2, 0.25) is 0 Å². The van der Waals surface area contributed by atoms with Gasteiger partial charge in [-0.2, -0.15) is 0 Å². The molecule has 0 spiro atoms. The van der Waals surface area contributed by atoms with Crippen LogP contribution < -0.4 is 5.32 Å². The van der Waals surface area contributed by atoms with Crippen LogP contribution in [0.25, 0.3) is 11.1 Å². The Morgan fingerprint density at radius 2 is 1.31 bits per heavy atom. The summed E-state index contributed by atoms with van der Waals surface area (Å²) in [4.78, 5) is 103. The molecular weight excluding hydrogens is 781 g/mol. The van der Waals surface area contributed by atoms with Crippen molar-refractivity contribution in [3.63, 3.8) is 0 Å². The summed E-state index contributed by atoms with van der Waals surface area (Å²) in [6, 6.07) is 11.3. The summed E-state index contributed by atoms with van der Waals surface area (Å²) in [5.74, 6) is -4.76. The number of rotatable bonds is 17. The number of likely N-dealkylation sites (N-methyl/N-ethyl adjacent to an activating group) is 4. The Morgan fingerprint density at radius 3 is 1.85 bits per heavy atom. The van der Waals surface area contributed by atoms with E-state index in [0.717, 1.165) is 59.3 Å². The van der Waals surface area contributed by atoms with Crippen molar-refractivity contribution >= 4 is 41.6 Å². The molecule has 6 amide bonds. The largest absolute Gasteiger partial charge is 0.481 e. The van der Waals surface area contributed by atoms with E-state index in [0.29, 0.717) is 32.4 Å². The van der Waals surface area contributed by atoms with Crippen molar-refractivity contribution in [3.05, 3.63) is 59.7 Å². The van der Waals surface area contributed by atoms with Gasteiger partial charge in [-0.15, -0.1) is 0 Å². The van der Waals surface area contributed by atoms with Crippen molar-refractivity contribution < 1.29 is 43.4 Å². The highest BCUT2D eigenvalue weighted by atomic mass is 16.5. The number of ether oxygens (including phenoxy) is 1. The molecule has 2 aromatic carbocycles. The highest BCUT2D eigenvalue weighted by molar-refractivity contribution is 5.97. The molecule has 5 atom stereocenters. The highest BCUT2D eigenvalue weighted by Gasteiger charge is 2.44.